The molecule has 3 atom stereocenters. The molecule has 0 aromatic carbocycles. The molecule has 3 aliphatic rings. The first-order valence-corrected chi connectivity index (χ1v) is 7.04. The zero-order valence-corrected chi connectivity index (χ0v) is 13.1. The van der Waals surface area contributed by atoms with Crippen molar-refractivity contribution in [1.29, 1.82) is 0 Å². The largest absolute Gasteiger partial charge is 0.469 e. The fourth-order valence-electron chi connectivity index (χ4n) is 3.36. The number of Topliss-reactive ketones (excluding diaryl/α,β-unsaturated/α-hetero) is 1. The van der Waals surface area contributed by atoms with Gasteiger partial charge < -0.3 is 14.2 Å². The van der Waals surface area contributed by atoms with Gasteiger partial charge in [0.15, 0.2) is 11.6 Å². The normalized spacial score (nSPS) is 29.5. The van der Waals surface area contributed by atoms with Gasteiger partial charge in [0.1, 0.15) is 0 Å². The molecule has 0 aromatic heterocycles. The maximum Gasteiger partial charge on any atom is 0.309 e. The third kappa shape index (κ3) is 2.42. The lowest BCUT2D eigenvalue weighted by Crippen LogP contribution is -2.61. The van der Waals surface area contributed by atoms with Gasteiger partial charge in [0.2, 0.25) is 5.79 Å². The van der Waals surface area contributed by atoms with Crippen LogP contribution in [0.2, 0.25) is 0 Å². The minimum absolute atomic E-state index is 0.0985. The average Bonchev–Trinajstić information content (AvgIpc) is 2.53. The van der Waals surface area contributed by atoms with E-state index in [9.17, 15) is 14.4 Å². The van der Waals surface area contributed by atoms with Gasteiger partial charge >= 0.3 is 5.97 Å². The molecule has 0 aliphatic heterocycles. The number of methoxy groups -OCH3 is 3. The number of rotatable bonds is 5. The van der Waals surface area contributed by atoms with Gasteiger partial charge in [0, 0.05) is 20.1 Å². The minimum Gasteiger partial charge on any atom is -0.469 e. The first kappa shape index (κ1) is 16.6. The van der Waals surface area contributed by atoms with Crippen molar-refractivity contribution >= 4 is 17.5 Å². The Kier molecular flexibility index (Phi) is 4.63. The Balaban J connectivity index is 2.47. The molecule has 6 nitrogen and oxygen atoms in total. The summed E-state index contributed by atoms with van der Waals surface area (Å²) in [6.07, 6.45) is 5.18. The van der Waals surface area contributed by atoms with Crippen LogP contribution < -0.4 is 0 Å². The average molecular weight is 308 g/mol. The quantitative estimate of drug-likeness (QED) is 0.429. The van der Waals surface area contributed by atoms with E-state index >= 15 is 0 Å². The summed E-state index contributed by atoms with van der Waals surface area (Å²) in [5.74, 6) is -3.91. The molecule has 0 radical (unpaired) electrons. The van der Waals surface area contributed by atoms with Crippen LogP contribution in [0.1, 0.15) is 13.3 Å². The highest BCUT2D eigenvalue weighted by atomic mass is 16.7. The molecule has 1 saturated carbocycles. The van der Waals surface area contributed by atoms with Crippen molar-refractivity contribution in [2.75, 3.05) is 21.3 Å². The molecule has 0 N–H and O–H groups in total. The number of hydrogen-bond donors (Lipinski definition) is 0. The molecule has 1 fully saturated rings. The van der Waals surface area contributed by atoms with E-state index in [1.165, 1.54) is 34.3 Å². The second-order valence-electron chi connectivity index (χ2n) is 5.49. The minimum atomic E-state index is -1.42. The topological polar surface area (TPSA) is 78.9 Å². The monoisotopic (exact) mass is 308 g/mol. The van der Waals surface area contributed by atoms with E-state index in [0.717, 1.165) is 5.57 Å². The Morgan fingerprint density at radius 3 is 2.41 bits per heavy atom. The first-order valence-electron chi connectivity index (χ1n) is 7.04. The molecule has 22 heavy (non-hydrogen) atoms. The van der Waals surface area contributed by atoms with Crippen molar-refractivity contribution in [3.05, 3.63) is 23.8 Å². The van der Waals surface area contributed by atoms with Crippen molar-refractivity contribution < 1.29 is 28.6 Å². The third-order valence-electron chi connectivity index (χ3n) is 4.42. The van der Waals surface area contributed by atoms with Gasteiger partial charge in [0.25, 0.3) is 0 Å². The predicted molar refractivity (Wildman–Crippen MR) is 76.8 cm³/mol. The van der Waals surface area contributed by atoms with Crippen LogP contribution in [0.3, 0.4) is 0 Å². The smallest absolute Gasteiger partial charge is 0.309 e. The second-order valence-corrected chi connectivity index (χ2v) is 5.49. The molecule has 0 spiro atoms. The molecule has 6 heteroatoms. The summed E-state index contributed by atoms with van der Waals surface area (Å²) < 4.78 is 15.6. The molecular weight excluding hydrogens is 288 g/mol. The molecule has 3 unspecified atom stereocenters. The Labute approximate surface area is 129 Å². The number of ether oxygens (including phenoxy) is 3. The number of carbonyl (C=O) groups is 3. The van der Waals surface area contributed by atoms with Gasteiger partial charge in [0.05, 0.1) is 18.9 Å². The van der Waals surface area contributed by atoms with Gasteiger partial charge in [-0.15, -0.1) is 0 Å². The summed E-state index contributed by atoms with van der Waals surface area (Å²) in [7, 11) is 4.11. The zero-order valence-electron chi connectivity index (χ0n) is 13.1. The first-order chi connectivity index (χ1) is 10.4. The van der Waals surface area contributed by atoms with Crippen LogP contribution in [0.4, 0.5) is 0 Å². The lowest BCUT2D eigenvalue weighted by atomic mass is 9.61. The highest BCUT2D eigenvalue weighted by Gasteiger charge is 2.60. The number of ketones is 2. The van der Waals surface area contributed by atoms with E-state index in [-0.39, 0.29) is 11.6 Å². The maximum absolute atomic E-state index is 12.7. The summed E-state index contributed by atoms with van der Waals surface area (Å²) in [5, 5.41) is 0. The third-order valence-corrected chi connectivity index (χ3v) is 4.42. The Morgan fingerprint density at radius 1 is 1.27 bits per heavy atom. The Bertz CT molecular complexity index is 555. The van der Waals surface area contributed by atoms with Crippen LogP contribution in [0, 0.1) is 17.8 Å². The number of fused-ring (bicyclic) bond motifs is 2. The molecule has 0 heterocycles. The van der Waals surface area contributed by atoms with Crippen LogP contribution >= 0.6 is 0 Å². The summed E-state index contributed by atoms with van der Waals surface area (Å²) >= 11 is 0. The van der Waals surface area contributed by atoms with Gasteiger partial charge in [-0.05, 0) is 25.0 Å². The van der Waals surface area contributed by atoms with Crippen molar-refractivity contribution in [2.45, 2.75) is 19.1 Å². The van der Waals surface area contributed by atoms with Crippen LogP contribution in [-0.4, -0.2) is 44.7 Å². The standard InChI is InChI=1S/C16H20O6/c1-9(17)5-6-10-7-11-12(15(19)20-2)8-13(10)16(21-3,22-4)14(11)18/h5-7,11-13H,8H2,1-4H3/b6-5+. The van der Waals surface area contributed by atoms with Gasteiger partial charge in [-0.1, -0.05) is 12.2 Å². The van der Waals surface area contributed by atoms with Gasteiger partial charge in [-0.3, -0.25) is 14.4 Å². The van der Waals surface area contributed by atoms with E-state index in [4.69, 9.17) is 14.2 Å². The number of esters is 1. The Hall–Kier alpha value is -1.79. The van der Waals surface area contributed by atoms with E-state index < -0.39 is 29.5 Å². The van der Waals surface area contributed by atoms with E-state index in [0.29, 0.717) is 6.42 Å². The fraction of sp³-hybridized carbons (Fsp3) is 0.562. The molecule has 0 amide bonds. The SMILES string of the molecule is COC(=O)C1CC2C(/C=C/C(C)=O)=CC1C(=O)C2(OC)OC. The van der Waals surface area contributed by atoms with Gasteiger partial charge in [-0.25, -0.2) is 0 Å². The number of hydrogen-bond acceptors (Lipinski definition) is 6. The number of carbonyl (C=O) groups excluding carboxylic acids is 3. The van der Waals surface area contributed by atoms with Crippen molar-refractivity contribution in [3.8, 4) is 0 Å². The van der Waals surface area contributed by atoms with Crippen LogP contribution in [-0.2, 0) is 28.6 Å². The van der Waals surface area contributed by atoms with Crippen molar-refractivity contribution in [3.63, 3.8) is 0 Å². The highest BCUT2D eigenvalue weighted by molar-refractivity contribution is 5.97. The lowest BCUT2D eigenvalue weighted by molar-refractivity contribution is -0.242. The lowest BCUT2D eigenvalue weighted by Gasteiger charge is -2.49. The summed E-state index contributed by atoms with van der Waals surface area (Å²) in [6.45, 7) is 1.44. The molecule has 3 rings (SSSR count). The molecule has 3 aliphatic carbocycles. The second kappa shape index (κ2) is 6.14. The fourth-order valence-corrected chi connectivity index (χ4v) is 3.36. The molecule has 120 valence electrons. The van der Waals surface area contributed by atoms with E-state index in [2.05, 4.69) is 0 Å². The summed E-state index contributed by atoms with van der Waals surface area (Å²) in [4.78, 5) is 35.8. The van der Waals surface area contributed by atoms with Crippen LogP contribution in [0.15, 0.2) is 23.8 Å². The summed E-state index contributed by atoms with van der Waals surface area (Å²) in [6, 6.07) is 0. The summed E-state index contributed by atoms with van der Waals surface area (Å²) in [5.41, 5.74) is 0.767. The maximum atomic E-state index is 12.7. The van der Waals surface area contributed by atoms with Gasteiger partial charge in [-0.2, -0.15) is 0 Å². The van der Waals surface area contributed by atoms with E-state index in [1.54, 1.807) is 12.2 Å². The van der Waals surface area contributed by atoms with Crippen LogP contribution in [0.5, 0.6) is 0 Å². The predicted octanol–water partition coefficient (Wildman–Crippen LogP) is 1.06. The Morgan fingerprint density at radius 2 is 1.91 bits per heavy atom. The molecule has 2 bridgehead atoms. The zero-order chi connectivity index (χ0) is 16.5. The highest BCUT2D eigenvalue weighted by Crippen LogP contribution is 2.50. The molecule has 0 saturated heterocycles. The van der Waals surface area contributed by atoms with Crippen molar-refractivity contribution in [1.82, 2.24) is 0 Å². The molecular formula is C16H20O6. The van der Waals surface area contributed by atoms with Crippen molar-refractivity contribution in [2.24, 2.45) is 17.8 Å². The van der Waals surface area contributed by atoms with Crippen LogP contribution in [0.25, 0.3) is 0 Å². The molecule has 0 aromatic rings. The number of allylic oxidation sites excluding steroid dienone is 3. The van der Waals surface area contributed by atoms with E-state index in [1.807, 2.05) is 0 Å².